The Hall–Kier alpha value is -1.90. The summed E-state index contributed by atoms with van der Waals surface area (Å²) in [6, 6.07) is 2.26. The van der Waals surface area contributed by atoms with Crippen molar-refractivity contribution in [1.29, 1.82) is 5.26 Å². The van der Waals surface area contributed by atoms with E-state index in [1.807, 2.05) is 19.9 Å². The molecule has 0 spiro atoms. The van der Waals surface area contributed by atoms with Gasteiger partial charge in [-0.2, -0.15) is 5.26 Å². The fraction of sp³-hybridized carbons (Fsp3) is 0.750. The number of carbonyl (C=O) groups is 1. The first kappa shape index (κ1) is 26.7. The number of nitrogens with zero attached hydrogens (tertiary/aromatic N) is 1. The van der Waals surface area contributed by atoms with Crippen LogP contribution in [-0.4, -0.2) is 35.0 Å². The van der Waals surface area contributed by atoms with Gasteiger partial charge in [0.15, 0.2) is 0 Å². The summed E-state index contributed by atoms with van der Waals surface area (Å²) < 4.78 is 6.08. The number of fused-ring (bicyclic) bond motifs is 7. The number of carboxylic acids is 1. The highest BCUT2D eigenvalue weighted by atomic mass is 16.5. The zero-order valence-electron chi connectivity index (χ0n) is 23.8. The fourth-order valence-electron chi connectivity index (χ4n) is 9.77. The SMILES string of the molecule is CO[C@]1(C)C2=CC=C3[C@@](C)(CC[C@@]4(C)[C@@H]5C[C@](C)(C(=O)O)CC[C@]5(C)CC[C@]34C)C2=CC(O)C1CC#N. The van der Waals surface area contributed by atoms with Crippen LogP contribution in [0.1, 0.15) is 92.9 Å². The summed E-state index contributed by atoms with van der Waals surface area (Å²) in [5, 5.41) is 30.9. The molecule has 3 fully saturated rings. The predicted molar refractivity (Wildman–Crippen MR) is 143 cm³/mol. The number of aliphatic hydroxyl groups is 1. The van der Waals surface area contributed by atoms with Gasteiger partial charge in [-0.1, -0.05) is 51.5 Å². The second-order valence-corrected chi connectivity index (χ2v) is 14.4. The largest absolute Gasteiger partial charge is 0.481 e. The van der Waals surface area contributed by atoms with Gasteiger partial charge in [-0.15, -0.1) is 0 Å². The van der Waals surface area contributed by atoms with Crippen LogP contribution in [0.4, 0.5) is 0 Å². The van der Waals surface area contributed by atoms with Crippen molar-refractivity contribution >= 4 is 5.97 Å². The van der Waals surface area contributed by atoms with Gasteiger partial charge in [-0.3, -0.25) is 4.79 Å². The molecule has 0 aliphatic heterocycles. The maximum absolute atomic E-state index is 12.3. The molecule has 0 aromatic rings. The van der Waals surface area contributed by atoms with Crippen molar-refractivity contribution in [3.8, 4) is 6.07 Å². The topological polar surface area (TPSA) is 90.6 Å². The molecule has 0 radical (unpaired) electrons. The average Bonchev–Trinajstić information content (AvgIpc) is 2.85. The molecule has 0 amide bonds. The minimum Gasteiger partial charge on any atom is -0.481 e. The molecule has 5 aliphatic rings. The van der Waals surface area contributed by atoms with E-state index in [-0.39, 0.29) is 34.0 Å². The standard InChI is InChI=1S/C32H45NO4/c1-27-11-12-28(2,26(35)36)19-25(27)31(5)16-14-29(3)22-18-23(34)21(10-17-33)32(6,37-7)20(22)8-9-24(29)30(31,4)15-13-27/h8-9,18,21,23,25,34H,10-16,19H2,1-7H3,(H,35,36)/t21?,23?,25-,27-,28-,29+,30-,31+,32-/m1/s1. The van der Waals surface area contributed by atoms with Crippen molar-refractivity contribution in [2.45, 2.75) is 105 Å². The van der Waals surface area contributed by atoms with Crippen LogP contribution in [0.2, 0.25) is 0 Å². The summed E-state index contributed by atoms with van der Waals surface area (Å²) in [6.07, 6.45) is 12.7. The Kier molecular flexibility index (Phi) is 5.81. The number of allylic oxidation sites excluding steroid dienone is 3. The van der Waals surface area contributed by atoms with Crippen LogP contribution < -0.4 is 0 Å². The van der Waals surface area contributed by atoms with E-state index in [9.17, 15) is 20.3 Å². The number of hydrogen-bond acceptors (Lipinski definition) is 4. The quantitative estimate of drug-likeness (QED) is 0.449. The van der Waals surface area contributed by atoms with E-state index in [0.717, 1.165) is 56.1 Å². The van der Waals surface area contributed by atoms with Crippen LogP contribution in [-0.2, 0) is 9.53 Å². The van der Waals surface area contributed by atoms with Crippen molar-refractivity contribution in [3.05, 3.63) is 34.9 Å². The van der Waals surface area contributed by atoms with E-state index < -0.39 is 23.1 Å². The van der Waals surface area contributed by atoms with Gasteiger partial charge in [0.1, 0.15) is 0 Å². The summed E-state index contributed by atoms with van der Waals surface area (Å²) in [4.78, 5) is 12.3. The third-order valence-electron chi connectivity index (χ3n) is 12.8. The molecule has 0 saturated heterocycles. The Morgan fingerprint density at radius 2 is 1.70 bits per heavy atom. The number of aliphatic carboxylic acids is 1. The number of hydrogen-bond donors (Lipinski definition) is 2. The molecular weight excluding hydrogens is 462 g/mol. The van der Waals surface area contributed by atoms with Crippen molar-refractivity contribution in [3.63, 3.8) is 0 Å². The monoisotopic (exact) mass is 507 g/mol. The molecule has 37 heavy (non-hydrogen) atoms. The lowest BCUT2D eigenvalue weighted by atomic mass is 9.34. The van der Waals surface area contributed by atoms with Crippen LogP contribution in [0, 0.1) is 50.2 Å². The summed E-state index contributed by atoms with van der Waals surface area (Å²) in [6.45, 7) is 13.6. The average molecular weight is 508 g/mol. The second-order valence-electron chi connectivity index (χ2n) is 14.4. The molecular formula is C32H45NO4. The maximum Gasteiger partial charge on any atom is 0.309 e. The minimum absolute atomic E-state index is 0.00440. The van der Waals surface area contributed by atoms with Crippen molar-refractivity contribution < 1.29 is 19.7 Å². The van der Waals surface area contributed by atoms with Crippen LogP contribution in [0.25, 0.3) is 0 Å². The van der Waals surface area contributed by atoms with Crippen LogP contribution in [0.5, 0.6) is 0 Å². The van der Waals surface area contributed by atoms with Gasteiger partial charge in [0.2, 0.25) is 0 Å². The predicted octanol–water partition coefficient (Wildman–Crippen LogP) is 6.59. The van der Waals surface area contributed by atoms with Gasteiger partial charge >= 0.3 is 5.97 Å². The first-order chi connectivity index (χ1) is 17.2. The highest BCUT2D eigenvalue weighted by Crippen LogP contribution is 2.75. The van der Waals surface area contributed by atoms with E-state index in [2.05, 4.69) is 45.9 Å². The smallest absolute Gasteiger partial charge is 0.309 e. The highest BCUT2D eigenvalue weighted by molar-refractivity contribution is 5.74. The van der Waals surface area contributed by atoms with Gasteiger partial charge in [-0.25, -0.2) is 0 Å². The van der Waals surface area contributed by atoms with Gasteiger partial charge < -0.3 is 14.9 Å². The molecule has 202 valence electrons. The number of methoxy groups -OCH3 is 1. The van der Waals surface area contributed by atoms with Crippen LogP contribution in [0.15, 0.2) is 34.9 Å². The number of carboxylic acid groups (broad SMARTS) is 1. The summed E-state index contributed by atoms with van der Waals surface area (Å²) in [7, 11) is 1.69. The van der Waals surface area contributed by atoms with E-state index in [4.69, 9.17) is 4.74 Å². The Labute approximate surface area is 222 Å². The van der Waals surface area contributed by atoms with E-state index in [1.165, 1.54) is 5.57 Å². The van der Waals surface area contributed by atoms with Crippen molar-refractivity contribution in [2.75, 3.05) is 7.11 Å². The first-order valence-electron chi connectivity index (χ1n) is 14.1. The minimum atomic E-state index is -0.738. The first-order valence-corrected chi connectivity index (χ1v) is 14.1. The van der Waals surface area contributed by atoms with Gasteiger partial charge in [0, 0.05) is 24.9 Å². The van der Waals surface area contributed by atoms with Gasteiger partial charge in [-0.05, 0) is 92.1 Å². The molecule has 0 aromatic carbocycles. The molecule has 5 heteroatoms. The molecule has 5 rings (SSSR count). The molecule has 0 aromatic heterocycles. The number of ether oxygens (including phenoxy) is 1. The zero-order valence-corrected chi connectivity index (χ0v) is 23.8. The lowest BCUT2D eigenvalue weighted by Gasteiger charge is -2.70. The molecule has 5 nitrogen and oxygen atoms in total. The Balaban J connectivity index is 1.64. The van der Waals surface area contributed by atoms with Crippen molar-refractivity contribution in [2.24, 2.45) is 38.9 Å². The van der Waals surface area contributed by atoms with Crippen LogP contribution >= 0.6 is 0 Å². The third kappa shape index (κ3) is 3.24. The Morgan fingerprint density at radius 1 is 1.03 bits per heavy atom. The van der Waals surface area contributed by atoms with E-state index in [0.29, 0.717) is 5.92 Å². The van der Waals surface area contributed by atoms with E-state index in [1.54, 1.807) is 7.11 Å². The lowest BCUT2D eigenvalue weighted by Crippen LogP contribution is -2.62. The molecule has 2 unspecified atom stereocenters. The molecule has 3 saturated carbocycles. The molecule has 2 N–H and O–H groups in total. The Morgan fingerprint density at radius 3 is 2.32 bits per heavy atom. The van der Waals surface area contributed by atoms with Crippen LogP contribution in [0.3, 0.4) is 0 Å². The van der Waals surface area contributed by atoms with Crippen molar-refractivity contribution in [1.82, 2.24) is 0 Å². The summed E-state index contributed by atoms with van der Waals surface area (Å²) in [5.74, 6) is -0.617. The normalized spacial score (nSPS) is 50.7. The Bertz CT molecular complexity index is 1160. The maximum atomic E-state index is 12.3. The highest BCUT2D eigenvalue weighted by Gasteiger charge is 2.68. The van der Waals surface area contributed by atoms with Gasteiger partial charge in [0.25, 0.3) is 0 Å². The molecule has 9 atom stereocenters. The summed E-state index contributed by atoms with van der Waals surface area (Å²) >= 11 is 0. The number of aliphatic hydroxyl groups excluding tert-OH is 1. The third-order valence-corrected chi connectivity index (χ3v) is 12.8. The number of rotatable bonds is 3. The molecule has 0 bridgehead atoms. The number of nitriles is 1. The lowest BCUT2D eigenvalue weighted by molar-refractivity contribution is -0.178. The zero-order chi connectivity index (χ0) is 27.2. The second kappa shape index (κ2) is 8.06. The molecule has 0 heterocycles. The molecule has 5 aliphatic carbocycles. The van der Waals surface area contributed by atoms with Gasteiger partial charge in [0.05, 0.1) is 23.2 Å². The summed E-state index contributed by atoms with van der Waals surface area (Å²) in [5.41, 5.74) is 2.16. The van der Waals surface area contributed by atoms with E-state index >= 15 is 0 Å². The fourth-order valence-corrected chi connectivity index (χ4v) is 9.77.